The predicted octanol–water partition coefficient (Wildman–Crippen LogP) is 4.22. The number of benzene rings is 3. The van der Waals surface area contributed by atoms with E-state index in [0.717, 1.165) is 12.8 Å². The third-order valence-electron chi connectivity index (χ3n) is 4.39. The lowest BCUT2D eigenvalue weighted by Crippen LogP contribution is -2.24. The average molecular weight is 443 g/mol. The minimum atomic E-state index is -3.67. The summed E-state index contributed by atoms with van der Waals surface area (Å²) >= 11 is 0. The van der Waals surface area contributed by atoms with E-state index in [0.29, 0.717) is 30.2 Å². The maximum atomic E-state index is 12.8. The molecule has 0 aromatic heterocycles. The minimum Gasteiger partial charge on any atom is -0.494 e. The van der Waals surface area contributed by atoms with Gasteiger partial charge in [-0.05, 0) is 73.5 Å². The summed E-state index contributed by atoms with van der Waals surface area (Å²) < 4.78 is 45.5. The van der Waals surface area contributed by atoms with Crippen LogP contribution >= 0.6 is 0 Å². The topological polar surface area (TPSA) is 84.5 Å². The Balaban J connectivity index is 1.40. The van der Waals surface area contributed by atoms with Crippen LogP contribution in [0.15, 0.2) is 83.8 Å². The van der Waals surface area contributed by atoms with Gasteiger partial charge in [-0.25, -0.2) is 12.8 Å². The summed E-state index contributed by atoms with van der Waals surface area (Å²) in [4.78, 5) is 12.4. The molecule has 0 aliphatic carbocycles. The van der Waals surface area contributed by atoms with E-state index in [9.17, 15) is 17.6 Å². The number of carbonyl (C=O) groups is 1. The fourth-order valence-corrected chi connectivity index (χ4v) is 3.83. The first-order valence-electron chi connectivity index (χ1n) is 9.78. The number of hydrogen-bond donors (Lipinski definition) is 2. The van der Waals surface area contributed by atoms with Crippen LogP contribution in [-0.4, -0.2) is 27.5 Å². The van der Waals surface area contributed by atoms with E-state index in [1.165, 1.54) is 24.3 Å². The highest BCUT2D eigenvalue weighted by Gasteiger charge is 2.13. The number of rotatable bonds is 10. The minimum absolute atomic E-state index is 0.167. The molecular weight excluding hydrogens is 419 g/mol. The Kier molecular flexibility index (Phi) is 7.61. The van der Waals surface area contributed by atoms with Crippen LogP contribution < -0.4 is 14.8 Å². The van der Waals surface area contributed by atoms with Crippen LogP contribution in [0, 0.1) is 5.82 Å². The van der Waals surface area contributed by atoms with E-state index in [4.69, 9.17) is 4.74 Å². The van der Waals surface area contributed by atoms with Crippen molar-refractivity contribution in [2.24, 2.45) is 0 Å². The number of nitrogens with one attached hydrogen (secondary N) is 2. The quantitative estimate of drug-likeness (QED) is 0.461. The summed E-state index contributed by atoms with van der Waals surface area (Å²) in [5.74, 6) is 0.0574. The lowest BCUT2D eigenvalue weighted by Gasteiger charge is -2.09. The van der Waals surface area contributed by atoms with Crippen LogP contribution in [0.1, 0.15) is 23.2 Å². The molecule has 0 saturated heterocycles. The van der Waals surface area contributed by atoms with Crippen molar-refractivity contribution < 1.29 is 22.3 Å². The molecular formula is C23H23FN2O4S. The van der Waals surface area contributed by atoms with Gasteiger partial charge in [0.15, 0.2) is 0 Å². The number of halogens is 1. The second kappa shape index (κ2) is 10.6. The number of carbonyl (C=O) groups excluding carboxylic acids is 1. The Morgan fingerprint density at radius 1 is 0.871 bits per heavy atom. The summed E-state index contributed by atoms with van der Waals surface area (Å²) in [6.45, 7) is 0.950. The second-order valence-corrected chi connectivity index (χ2v) is 8.44. The van der Waals surface area contributed by atoms with Crippen molar-refractivity contribution in [2.75, 3.05) is 17.9 Å². The molecule has 0 spiro atoms. The van der Waals surface area contributed by atoms with Gasteiger partial charge in [0.1, 0.15) is 11.6 Å². The summed E-state index contributed by atoms with van der Waals surface area (Å²) in [5, 5.41) is 2.82. The van der Waals surface area contributed by atoms with E-state index in [1.807, 2.05) is 0 Å². The van der Waals surface area contributed by atoms with Crippen molar-refractivity contribution in [1.29, 1.82) is 0 Å². The van der Waals surface area contributed by atoms with Crippen molar-refractivity contribution in [3.05, 3.63) is 90.2 Å². The van der Waals surface area contributed by atoms with Crippen LogP contribution in [0.3, 0.4) is 0 Å². The number of anilines is 1. The van der Waals surface area contributed by atoms with Crippen molar-refractivity contribution in [3.8, 4) is 5.75 Å². The summed E-state index contributed by atoms with van der Waals surface area (Å²) in [5.41, 5.74) is 0.809. The second-order valence-electron chi connectivity index (χ2n) is 6.76. The Hall–Kier alpha value is -3.39. The van der Waals surface area contributed by atoms with E-state index in [2.05, 4.69) is 10.0 Å². The zero-order valence-electron chi connectivity index (χ0n) is 16.8. The highest BCUT2D eigenvalue weighted by molar-refractivity contribution is 7.92. The molecule has 8 heteroatoms. The predicted molar refractivity (Wildman–Crippen MR) is 117 cm³/mol. The first kappa shape index (κ1) is 22.3. The maximum absolute atomic E-state index is 12.8. The standard InChI is InChI=1S/C23H23FN2O4S/c24-19-10-14-21(15-11-19)30-17-5-4-16-25-23(27)18-8-12-20(13-9-18)26-31(28,29)22-6-2-1-3-7-22/h1-3,6-15,26H,4-5,16-17H2,(H,25,27). The molecule has 1 amide bonds. The van der Waals surface area contributed by atoms with E-state index in [-0.39, 0.29) is 16.6 Å². The van der Waals surface area contributed by atoms with Crippen LogP contribution in [-0.2, 0) is 10.0 Å². The van der Waals surface area contributed by atoms with Gasteiger partial charge in [0, 0.05) is 17.8 Å². The van der Waals surface area contributed by atoms with Crippen molar-refractivity contribution in [1.82, 2.24) is 5.32 Å². The van der Waals surface area contributed by atoms with Crippen LogP contribution in [0.25, 0.3) is 0 Å². The van der Waals surface area contributed by atoms with E-state index in [1.54, 1.807) is 54.6 Å². The van der Waals surface area contributed by atoms with Crippen LogP contribution in [0.5, 0.6) is 5.75 Å². The van der Waals surface area contributed by atoms with Gasteiger partial charge in [-0.2, -0.15) is 0 Å². The third kappa shape index (κ3) is 6.82. The number of hydrogen-bond acceptors (Lipinski definition) is 4. The van der Waals surface area contributed by atoms with Gasteiger partial charge in [-0.3, -0.25) is 9.52 Å². The number of amides is 1. The molecule has 31 heavy (non-hydrogen) atoms. The highest BCUT2D eigenvalue weighted by Crippen LogP contribution is 2.16. The van der Waals surface area contributed by atoms with Gasteiger partial charge in [0.2, 0.25) is 0 Å². The summed E-state index contributed by atoms with van der Waals surface area (Å²) in [6.07, 6.45) is 1.46. The Labute approximate surface area is 181 Å². The first-order chi connectivity index (χ1) is 14.9. The monoisotopic (exact) mass is 442 g/mol. The molecule has 3 rings (SSSR count). The van der Waals surface area contributed by atoms with Crippen molar-refractivity contribution in [3.63, 3.8) is 0 Å². The summed E-state index contributed by atoms with van der Waals surface area (Å²) in [7, 11) is -3.67. The highest BCUT2D eigenvalue weighted by atomic mass is 32.2. The van der Waals surface area contributed by atoms with Gasteiger partial charge in [-0.15, -0.1) is 0 Å². The van der Waals surface area contributed by atoms with Gasteiger partial charge >= 0.3 is 0 Å². The van der Waals surface area contributed by atoms with Gasteiger partial charge in [0.05, 0.1) is 11.5 Å². The molecule has 6 nitrogen and oxygen atoms in total. The molecule has 0 bridgehead atoms. The zero-order valence-corrected chi connectivity index (χ0v) is 17.6. The Morgan fingerprint density at radius 2 is 1.55 bits per heavy atom. The van der Waals surface area contributed by atoms with E-state index < -0.39 is 10.0 Å². The SMILES string of the molecule is O=C(NCCCCOc1ccc(F)cc1)c1ccc(NS(=O)(=O)c2ccccc2)cc1. The fourth-order valence-electron chi connectivity index (χ4n) is 2.76. The van der Waals surface area contributed by atoms with E-state index >= 15 is 0 Å². The molecule has 0 saturated carbocycles. The van der Waals surface area contributed by atoms with Crippen molar-refractivity contribution in [2.45, 2.75) is 17.7 Å². The zero-order chi connectivity index (χ0) is 22.1. The Morgan fingerprint density at radius 3 is 2.23 bits per heavy atom. The summed E-state index contributed by atoms with van der Waals surface area (Å²) in [6, 6.07) is 20.1. The molecule has 0 atom stereocenters. The molecule has 0 fully saturated rings. The molecule has 0 aliphatic rings. The smallest absolute Gasteiger partial charge is 0.261 e. The van der Waals surface area contributed by atoms with Gasteiger partial charge in [0.25, 0.3) is 15.9 Å². The molecule has 0 unspecified atom stereocenters. The molecule has 0 aliphatic heterocycles. The third-order valence-corrected chi connectivity index (χ3v) is 5.79. The Bertz CT molecular complexity index is 1090. The molecule has 0 heterocycles. The normalized spacial score (nSPS) is 11.0. The molecule has 3 aromatic rings. The lowest BCUT2D eigenvalue weighted by atomic mass is 10.2. The molecule has 0 radical (unpaired) electrons. The van der Waals surface area contributed by atoms with Crippen LogP contribution in [0.4, 0.5) is 10.1 Å². The molecule has 3 aromatic carbocycles. The van der Waals surface area contributed by atoms with Crippen LogP contribution in [0.2, 0.25) is 0 Å². The number of unbranched alkanes of at least 4 members (excludes halogenated alkanes) is 1. The average Bonchev–Trinajstić information content (AvgIpc) is 2.78. The molecule has 2 N–H and O–H groups in total. The maximum Gasteiger partial charge on any atom is 0.261 e. The first-order valence-corrected chi connectivity index (χ1v) is 11.3. The van der Waals surface area contributed by atoms with Gasteiger partial charge < -0.3 is 10.1 Å². The van der Waals surface area contributed by atoms with Crippen molar-refractivity contribution >= 4 is 21.6 Å². The number of sulfonamides is 1. The largest absolute Gasteiger partial charge is 0.494 e. The van der Waals surface area contributed by atoms with Gasteiger partial charge in [-0.1, -0.05) is 18.2 Å². The molecule has 162 valence electrons. The number of ether oxygens (including phenoxy) is 1. The lowest BCUT2D eigenvalue weighted by molar-refractivity contribution is 0.0952. The fraction of sp³-hybridized carbons (Fsp3) is 0.174.